The smallest absolute Gasteiger partial charge is 0.223 e. The molecule has 2 N–H and O–H groups in total. The summed E-state index contributed by atoms with van der Waals surface area (Å²) in [5.41, 5.74) is 2.00. The van der Waals surface area contributed by atoms with Crippen LogP contribution in [0.4, 0.5) is 5.95 Å². The molecule has 0 amide bonds. The molecule has 0 radical (unpaired) electrons. The van der Waals surface area contributed by atoms with Gasteiger partial charge in [-0.3, -0.25) is 0 Å². The van der Waals surface area contributed by atoms with Gasteiger partial charge in [-0.25, -0.2) is 9.97 Å². The zero-order chi connectivity index (χ0) is 21.8. The molecular formula is C25H32N4O2. The number of aliphatic hydroxyl groups is 1. The van der Waals surface area contributed by atoms with Gasteiger partial charge in [0.25, 0.3) is 0 Å². The number of aromatic nitrogens is 2. The first-order valence-corrected chi connectivity index (χ1v) is 11.1. The van der Waals surface area contributed by atoms with Crippen LogP contribution in [0.25, 0.3) is 10.9 Å². The van der Waals surface area contributed by atoms with Crippen molar-refractivity contribution < 1.29 is 9.84 Å². The summed E-state index contributed by atoms with van der Waals surface area (Å²) in [4.78, 5) is 11.4. The fourth-order valence-corrected chi connectivity index (χ4v) is 4.05. The highest BCUT2D eigenvalue weighted by Crippen LogP contribution is 2.29. The van der Waals surface area contributed by atoms with Crippen molar-refractivity contribution in [1.82, 2.24) is 14.9 Å². The molecule has 6 nitrogen and oxygen atoms in total. The van der Waals surface area contributed by atoms with Gasteiger partial charge in [0.05, 0.1) is 11.6 Å². The minimum absolute atomic E-state index is 0.0956. The van der Waals surface area contributed by atoms with Crippen LogP contribution < -0.4 is 10.1 Å². The molecule has 2 aromatic carbocycles. The van der Waals surface area contributed by atoms with Crippen LogP contribution in [-0.4, -0.2) is 52.3 Å². The first-order chi connectivity index (χ1) is 15.0. The van der Waals surface area contributed by atoms with E-state index >= 15 is 0 Å². The van der Waals surface area contributed by atoms with Crippen molar-refractivity contribution >= 4 is 16.9 Å². The number of fused-ring (bicyclic) bond motifs is 1. The summed E-state index contributed by atoms with van der Waals surface area (Å²) < 4.78 is 6.48. The Kier molecular flexibility index (Phi) is 6.68. The number of benzene rings is 2. The van der Waals surface area contributed by atoms with Gasteiger partial charge in [-0.1, -0.05) is 30.3 Å². The Hall–Kier alpha value is -2.70. The van der Waals surface area contributed by atoms with Gasteiger partial charge in [0, 0.05) is 29.7 Å². The van der Waals surface area contributed by atoms with Crippen molar-refractivity contribution in [3.05, 3.63) is 60.3 Å². The van der Waals surface area contributed by atoms with E-state index in [1.807, 2.05) is 42.6 Å². The predicted octanol–water partition coefficient (Wildman–Crippen LogP) is 4.42. The Balaban J connectivity index is 1.55. The highest BCUT2D eigenvalue weighted by Gasteiger charge is 2.23. The summed E-state index contributed by atoms with van der Waals surface area (Å²) in [6, 6.07) is 16.8. The molecule has 0 spiro atoms. The molecule has 1 heterocycles. The van der Waals surface area contributed by atoms with Crippen molar-refractivity contribution in [1.29, 1.82) is 0 Å². The third-order valence-corrected chi connectivity index (χ3v) is 6.23. The molecule has 1 aliphatic carbocycles. The zero-order valence-corrected chi connectivity index (χ0v) is 18.5. The Morgan fingerprint density at radius 3 is 2.52 bits per heavy atom. The molecule has 2 atom stereocenters. The monoisotopic (exact) mass is 420 g/mol. The van der Waals surface area contributed by atoms with Crippen LogP contribution in [0.2, 0.25) is 0 Å². The first kappa shape index (κ1) is 21.5. The Labute approximate surface area is 184 Å². The number of ether oxygens (including phenoxy) is 1. The summed E-state index contributed by atoms with van der Waals surface area (Å²) in [5.74, 6) is 1.42. The van der Waals surface area contributed by atoms with E-state index in [1.54, 1.807) is 0 Å². The molecule has 0 bridgehead atoms. The summed E-state index contributed by atoms with van der Waals surface area (Å²) in [7, 11) is 4.14. The molecule has 3 aromatic rings. The summed E-state index contributed by atoms with van der Waals surface area (Å²) in [6.07, 6.45) is 5.12. The first-order valence-electron chi connectivity index (χ1n) is 11.1. The van der Waals surface area contributed by atoms with E-state index in [2.05, 4.69) is 48.4 Å². The second-order valence-corrected chi connectivity index (χ2v) is 8.72. The third-order valence-electron chi connectivity index (χ3n) is 6.23. The average Bonchev–Trinajstić information content (AvgIpc) is 2.79. The van der Waals surface area contributed by atoms with Gasteiger partial charge in [-0.05, 0) is 64.4 Å². The molecule has 0 saturated heterocycles. The maximum absolute atomic E-state index is 9.72. The standard InChI is InChI=1S/C25H32N4O2/c1-17(29(2)3)24(18-7-5-4-6-8-18)31-22-14-9-19-16-26-25(28-23(19)15-22)27-20-10-12-21(30)13-11-20/h4-9,14-17,20-21,24,30H,10-13H2,1-3H3,(H,26,27,28)/t17-,20?,21?,24-/m0/s1. The molecule has 1 fully saturated rings. The van der Waals surface area contributed by atoms with E-state index < -0.39 is 0 Å². The lowest BCUT2D eigenvalue weighted by Crippen LogP contribution is -2.34. The second kappa shape index (κ2) is 9.62. The van der Waals surface area contributed by atoms with E-state index in [0.29, 0.717) is 12.0 Å². The topological polar surface area (TPSA) is 70.5 Å². The van der Waals surface area contributed by atoms with Crippen molar-refractivity contribution in [3.8, 4) is 5.75 Å². The van der Waals surface area contributed by atoms with Crippen LogP contribution >= 0.6 is 0 Å². The van der Waals surface area contributed by atoms with Gasteiger partial charge in [0.1, 0.15) is 11.9 Å². The molecule has 0 unspecified atom stereocenters. The highest BCUT2D eigenvalue weighted by atomic mass is 16.5. The van der Waals surface area contributed by atoms with E-state index in [9.17, 15) is 5.11 Å². The Morgan fingerprint density at radius 1 is 1.06 bits per heavy atom. The lowest BCUT2D eigenvalue weighted by molar-refractivity contribution is 0.107. The van der Waals surface area contributed by atoms with Gasteiger partial charge in [-0.2, -0.15) is 0 Å². The van der Waals surface area contributed by atoms with Crippen molar-refractivity contribution in [2.45, 2.75) is 56.9 Å². The van der Waals surface area contributed by atoms with E-state index in [-0.39, 0.29) is 18.2 Å². The largest absolute Gasteiger partial charge is 0.484 e. The quantitative estimate of drug-likeness (QED) is 0.590. The van der Waals surface area contributed by atoms with Crippen LogP contribution in [0.5, 0.6) is 5.75 Å². The number of nitrogens with one attached hydrogen (secondary N) is 1. The summed E-state index contributed by atoms with van der Waals surface area (Å²) in [5, 5.41) is 14.1. The fourth-order valence-electron chi connectivity index (χ4n) is 4.05. The summed E-state index contributed by atoms with van der Waals surface area (Å²) in [6.45, 7) is 2.17. The van der Waals surface area contributed by atoms with Crippen LogP contribution in [0.15, 0.2) is 54.7 Å². The van der Waals surface area contributed by atoms with Crippen molar-refractivity contribution in [3.63, 3.8) is 0 Å². The average molecular weight is 421 g/mol. The number of anilines is 1. The van der Waals surface area contributed by atoms with Gasteiger partial charge in [0.15, 0.2) is 0 Å². The number of hydrogen-bond donors (Lipinski definition) is 2. The van der Waals surface area contributed by atoms with Gasteiger partial charge >= 0.3 is 0 Å². The number of nitrogens with zero attached hydrogens (tertiary/aromatic N) is 3. The van der Waals surface area contributed by atoms with Crippen LogP contribution in [0, 0.1) is 0 Å². The van der Waals surface area contributed by atoms with Crippen molar-refractivity contribution in [2.75, 3.05) is 19.4 Å². The van der Waals surface area contributed by atoms with Gasteiger partial charge < -0.3 is 20.1 Å². The molecule has 4 rings (SSSR count). The van der Waals surface area contributed by atoms with E-state index in [0.717, 1.165) is 47.9 Å². The lowest BCUT2D eigenvalue weighted by Gasteiger charge is -2.30. The molecular weight excluding hydrogens is 388 g/mol. The van der Waals surface area contributed by atoms with E-state index in [1.165, 1.54) is 0 Å². The number of likely N-dealkylation sites (N-methyl/N-ethyl adjacent to an activating group) is 1. The zero-order valence-electron chi connectivity index (χ0n) is 18.5. The number of hydrogen-bond acceptors (Lipinski definition) is 6. The van der Waals surface area contributed by atoms with Crippen molar-refractivity contribution in [2.24, 2.45) is 0 Å². The third kappa shape index (κ3) is 5.32. The number of aliphatic hydroxyl groups excluding tert-OH is 1. The fraction of sp³-hybridized carbons (Fsp3) is 0.440. The van der Waals surface area contributed by atoms with E-state index in [4.69, 9.17) is 9.72 Å². The van der Waals surface area contributed by atoms with Crippen LogP contribution in [-0.2, 0) is 0 Å². The predicted molar refractivity (Wildman–Crippen MR) is 124 cm³/mol. The minimum Gasteiger partial charge on any atom is -0.484 e. The maximum atomic E-state index is 9.72. The highest BCUT2D eigenvalue weighted by molar-refractivity contribution is 5.80. The maximum Gasteiger partial charge on any atom is 0.223 e. The van der Waals surface area contributed by atoms with Crippen LogP contribution in [0.1, 0.15) is 44.3 Å². The molecule has 0 aliphatic heterocycles. The molecule has 1 aliphatic rings. The molecule has 1 aromatic heterocycles. The number of rotatable bonds is 7. The normalized spacial score (nSPS) is 21.1. The molecule has 1 saturated carbocycles. The second-order valence-electron chi connectivity index (χ2n) is 8.72. The minimum atomic E-state index is -0.169. The summed E-state index contributed by atoms with van der Waals surface area (Å²) >= 11 is 0. The lowest BCUT2D eigenvalue weighted by atomic mass is 9.93. The van der Waals surface area contributed by atoms with Crippen LogP contribution in [0.3, 0.4) is 0 Å². The molecule has 31 heavy (non-hydrogen) atoms. The Bertz CT molecular complexity index is 987. The molecule has 164 valence electrons. The SMILES string of the molecule is C[C@@H]([C@H](Oc1ccc2cnc(NC3CCC(O)CC3)nc2c1)c1ccccc1)N(C)C. The van der Waals surface area contributed by atoms with Gasteiger partial charge in [0.2, 0.25) is 5.95 Å². The molecule has 6 heteroatoms. The van der Waals surface area contributed by atoms with Gasteiger partial charge in [-0.15, -0.1) is 0 Å². The Morgan fingerprint density at radius 2 is 1.81 bits per heavy atom.